The van der Waals surface area contributed by atoms with Crippen LogP contribution in [0, 0.1) is 6.92 Å². The van der Waals surface area contributed by atoms with Crippen LogP contribution in [0.1, 0.15) is 40.8 Å². The second kappa shape index (κ2) is 6.05. The summed E-state index contributed by atoms with van der Waals surface area (Å²) in [6, 6.07) is 1.47. The summed E-state index contributed by atoms with van der Waals surface area (Å²) < 4.78 is 0. The molecule has 0 bridgehead atoms. The van der Waals surface area contributed by atoms with Gasteiger partial charge in [-0.25, -0.2) is 9.97 Å². The van der Waals surface area contributed by atoms with Crippen molar-refractivity contribution < 1.29 is 4.79 Å². The van der Waals surface area contributed by atoms with Crippen LogP contribution in [0.3, 0.4) is 0 Å². The van der Waals surface area contributed by atoms with Crippen LogP contribution in [-0.4, -0.2) is 43.8 Å². The molecule has 2 aromatic rings. The summed E-state index contributed by atoms with van der Waals surface area (Å²) in [4.78, 5) is 41.0. The van der Waals surface area contributed by atoms with Gasteiger partial charge in [-0.2, -0.15) is 0 Å². The van der Waals surface area contributed by atoms with Gasteiger partial charge >= 0.3 is 0 Å². The SMILES string of the molecule is Cc1cc(=O)[nH]c([C@@H]2CCCN(C(=O)c3cnccn3)C2)n1. The average Bonchev–Trinajstić information content (AvgIpc) is 2.54. The van der Waals surface area contributed by atoms with E-state index in [1.807, 2.05) is 0 Å². The van der Waals surface area contributed by atoms with Crippen LogP contribution in [0.2, 0.25) is 0 Å². The van der Waals surface area contributed by atoms with Crippen molar-refractivity contribution in [2.24, 2.45) is 0 Å². The van der Waals surface area contributed by atoms with Crippen LogP contribution in [0.4, 0.5) is 0 Å². The van der Waals surface area contributed by atoms with Gasteiger partial charge in [0, 0.05) is 43.2 Å². The Morgan fingerprint density at radius 3 is 3.00 bits per heavy atom. The molecule has 0 aliphatic carbocycles. The number of aromatic amines is 1. The van der Waals surface area contributed by atoms with Crippen molar-refractivity contribution in [2.75, 3.05) is 13.1 Å². The quantitative estimate of drug-likeness (QED) is 0.889. The van der Waals surface area contributed by atoms with Crippen molar-refractivity contribution in [3.8, 4) is 0 Å². The first-order valence-electron chi connectivity index (χ1n) is 7.26. The molecule has 0 radical (unpaired) electrons. The van der Waals surface area contributed by atoms with Gasteiger partial charge in [-0.15, -0.1) is 0 Å². The largest absolute Gasteiger partial charge is 0.337 e. The van der Waals surface area contributed by atoms with Gasteiger partial charge in [0.15, 0.2) is 0 Å². The number of carbonyl (C=O) groups is 1. The van der Waals surface area contributed by atoms with E-state index >= 15 is 0 Å². The molecule has 114 valence electrons. The predicted molar refractivity (Wildman–Crippen MR) is 79.5 cm³/mol. The van der Waals surface area contributed by atoms with Gasteiger partial charge in [-0.1, -0.05) is 0 Å². The molecule has 3 heterocycles. The van der Waals surface area contributed by atoms with E-state index < -0.39 is 0 Å². The van der Waals surface area contributed by atoms with E-state index in [4.69, 9.17) is 0 Å². The molecule has 3 rings (SSSR count). The Labute approximate surface area is 127 Å². The van der Waals surface area contributed by atoms with Crippen LogP contribution in [0.25, 0.3) is 0 Å². The van der Waals surface area contributed by atoms with Gasteiger partial charge < -0.3 is 9.88 Å². The maximum Gasteiger partial charge on any atom is 0.274 e. The molecule has 1 saturated heterocycles. The van der Waals surface area contributed by atoms with Crippen LogP contribution in [0.15, 0.2) is 29.5 Å². The lowest BCUT2D eigenvalue weighted by atomic mass is 9.97. The van der Waals surface area contributed by atoms with Gasteiger partial charge in [0.05, 0.1) is 6.20 Å². The fourth-order valence-corrected chi connectivity index (χ4v) is 2.75. The minimum Gasteiger partial charge on any atom is -0.337 e. The summed E-state index contributed by atoms with van der Waals surface area (Å²) in [6.45, 7) is 3.01. The second-order valence-electron chi connectivity index (χ2n) is 5.45. The van der Waals surface area contributed by atoms with Crippen LogP contribution >= 0.6 is 0 Å². The maximum atomic E-state index is 12.4. The summed E-state index contributed by atoms with van der Waals surface area (Å²) in [5.74, 6) is 0.566. The minimum atomic E-state index is -0.153. The molecule has 0 saturated carbocycles. The number of hydrogen-bond acceptors (Lipinski definition) is 5. The van der Waals surface area contributed by atoms with E-state index in [0.29, 0.717) is 30.3 Å². The Hall–Kier alpha value is -2.57. The number of aromatic nitrogens is 4. The van der Waals surface area contributed by atoms with Gasteiger partial charge in [0.2, 0.25) is 0 Å². The van der Waals surface area contributed by atoms with E-state index in [0.717, 1.165) is 12.8 Å². The monoisotopic (exact) mass is 299 g/mol. The smallest absolute Gasteiger partial charge is 0.274 e. The molecule has 1 atom stereocenters. The number of rotatable bonds is 2. The molecular formula is C15H17N5O2. The Morgan fingerprint density at radius 2 is 2.27 bits per heavy atom. The average molecular weight is 299 g/mol. The zero-order valence-corrected chi connectivity index (χ0v) is 12.3. The van der Waals surface area contributed by atoms with Crippen LogP contribution < -0.4 is 5.56 Å². The predicted octanol–water partition coefficient (Wildman–Crippen LogP) is 0.888. The van der Waals surface area contributed by atoms with Crippen LogP contribution in [-0.2, 0) is 0 Å². The highest BCUT2D eigenvalue weighted by molar-refractivity contribution is 5.92. The standard InChI is InChI=1S/C15H17N5O2/c1-10-7-13(21)19-14(18-10)11-3-2-6-20(9-11)15(22)12-8-16-4-5-17-12/h4-5,7-8,11H,2-3,6,9H2,1H3,(H,18,19,21)/t11-/m1/s1. The Morgan fingerprint density at radius 1 is 1.41 bits per heavy atom. The lowest BCUT2D eigenvalue weighted by molar-refractivity contribution is 0.0698. The Bertz CT molecular complexity index is 728. The summed E-state index contributed by atoms with van der Waals surface area (Å²) in [7, 11) is 0. The fraction of sp³-hybridized carbons (Fsp3) is 0.400. The molecular weight excluding hydrogens is 282 g/mol. The van der Waals surface area contributed by atoms with Crippen molar-refractivity contribution in [3.63, 3.8) is 0 Å². The number of aryl methyl sites for hydroxylation is 1. The van der Waals surface area contributed by atoms with E-state index in [9.17, 15) is 9.59 Å². The first kappa shape index (κ1) is 14.4. The number of nitrogens with one attached hydrogen (secondary N) is 1. The Kier molecular flexibility index (Phi) is 3.95. The van der Waals surface area contributed by atoms with Crippen molar-refractivity contribution in [1.82, 2.24) is 24.8 Å². The van der Waals surface area contributed by atoms with E-state index in [2.05, 4.69) is 19.9 Å². The molecule has 1 fully saturated rings. The van der Waals surface area contributed by atoms with Gasteiger partial charge in [-0.3, -0.25) is 14.6 Å². The van der Waals surface area contributed by atoms with E-state index in [-0.39, 0.29) is 17.4 Å². The lowest BCUT2D eigenvalue weighted by Gasteiger charge is -2.32. The molecule has 0 unspecified atom stereocenters. The molecule has 2 aromatic heterocycles. The lowest BCUT2D eigenvalue weighted by Crippen LogP contribution is -2.40. The number of likely N-dealkylation sites (tertiary alicyclic amines) is 1. The van der Waals surface area contributed by atoms with Crippen molar-refractivity contribution in [3.05, 3.63) is 52.2 Å². The van der Waals surface area contributed by atoms with Crippen LogP contribution in [0.5, 0.6) is 0 Å². The first-order chi connectivity index (χ1) is 10.6. The van der Waals surface area contributed by atoms with E-state index in [1.165, 1.54) is 24.7 Å². The highest BCUT2D eigenvalue weighted by atomic mass is 16.2. The van der Waals surface area contributed by atoms with Gasteiger partial charge in [-0.05, 0) is 19.8 Å². The van der Waals surface area contributed by atoms with E-state index in [1.54, 1.807) is 11.8 Å². The molecule has 1 amide bonds. The van der Waals surface area contributed by atoms with Crippen molar-refractivity contribution in [2.45, 2.75) is 25.7 Å². The number of piperidine rings is 1. The van der Waals surface area contributed by atoms with Gasteiger partial charge in [0.1, 0.15) is 11.5 Å². The molecule has 22 heavy (non-hydrogen) atoms. The summed E-state index contributed by atoms with van der Waals surface area (Å²) >= 11 is 0. The summed E-state index contributed by atoms with van der Waals surface area (Å²) in [5, 5.41) is 0. The van der Waals surface area contributed by atoms with Gasteiger partial charge in [0.25, 0.3) is 11.5 Å². The Balaban J connectivity index is 1.79. The molecule has 0 spiro atoms. The fourth-order valence-electron chi connectivity index (χ4n) is 2.75. The van der Waals surface area contributed by atoms with Crippen molar-refractivity contribution >= 4 is 5.91 Å². The van der Waals surface area contributed by atoms with Crippen molar-refractivity contribution in [1.29, 1.82) is 0 Å². The molecule has 1 aliphatic heterocycles. The second-order valence-corrected chi connectivity index (χ2v) is 5.45. The third kappa shape index (κ3) is 3.03. The molecule has 7 nitrogen and oxygen atoms in total. The third-order valence-corrected chi connectivity index (χ3v) is 3.77. The topological polar surface area (TPSA) is 91.8 Å². The number of amides is 1. The molecule has 7 heteroatoms. The number of carbonyl (C=O) groups excluding carboxylic acids is 1. The highest BCUT2D eigenvalue weighted by Gasteiger charge is 2.27. The normalized spacial score (nSPS) is 18.2. The zero-order valence-electron chi connectivity index (χ0n) is 12.3. The number of nitrogens with zero attached hydrogens (tertiary/aromatic N) is 4. The zero-order chi connectivity index (χ0) is 15.5. The summed E-state index contributed by atoms with van der Waals surface area (Å²) in [5.41, 5.74) is 0.879. The first-order valence-corrected chi connectivity index (χ1v) is 7.26. The maximum absolute atomic E-state index is 12.4. The molecule has 0 aromatic carbocycles. The number of H-pyrrole nitrogens is 1. The number of hydrogen-bond donors (Lipinski definition) is 1. The third-order valence-electron chi connectivity index (χ3n) is 3.77. The summed E-state index contributed by atoms with van der Waals surface area (Å²) in [6.07, 6.45) is 6.29. The molecule has 1 aliphatic rings. The minimum absolute atomic E-state index is 0.0435. The molecule has 1 N–H and O–H groups in total. The highest BCUT2D eigenvalue weighted by Crippen LogP contribution is 2.24.